The summed E-state index contributed by atoms with van der Waals surface area (Å²) in [6.07, 6.45) is 9.85. The molecule has 0 aromatic carbocycles. The van der Waals surface area contributed by atoms with E-state index in [2.05, 4.69) is 29.2 Å². The first-order valence-corrected chi connectivity index (χ1v) is 5.11. The van der Waals surface area contributed by atoms with E-state index in [-0.39, 0.29) is 5.91 Å². The second kappa shape index (κ2) is 3.96. The fourth-order valence-electron chi connectivity index (χ4n) is 2.29. The van der Waals surface area contributed by atoms with Crippen molar-refractivity contribution in [1.82, 2.24) is 4.90 Å². The molecule has 0 unspecified atom stereocenters. The summed E-state index contributed by atoms with van der Waals surface area (Å²) in [5, 5.41) is 0. The highest BCUT2D eigenvalue weighted by Crippen LogP contribution is 2.28. The molecule has 0 saturated carbocycles. The van der Waals surface area contributed by atoms with Crippen molar-refractivity contribution < 1.29 is 4.79 Å². The minimum absolute atomic E-state index is 0.223. The monoisotopic (exact) mass is 192 g/mol. The molecule has 1 saturated heterocycles. The molecule has 0 aromatic heterocycles. The number of nitrogens with zero attached hydrogens (tertiary/aromatic N) is 1. The number of nitrogens with two attached hydrogens (primary N) is 1. The van der Waals surface area contributed by atoms with E-state index >= 15 is 0 Å². The van der Waals surface area contributed by atoms with Crippen molar-refractivity contribution in [3.05, 3.63) is 24.3 Å². The first-order valence-electron chi connectivity index (χ1n) is 5.11. The molecule has 2 aliphatic rings. The van der Waals surface area contributed by atoms with Crippen molar-refractivity contribution in [2.75, 3.05) is 19.6 Å². The number of likely N-dealkylation sites (tertiary alicyclic amines) is 1. The fraction of sp³-hybridized carbons (Fsp3) is 0.545. The quantitative estimate of drug-likeness (QED) is 0.694. The van der Waals surface area contributed by atoms with Gasteiger partial charge in [-0.1, -0.05) is 24.3 Å². The number of amides is 1. The van der Waals surface area contributed by atoms with Crippen molar-refractivity contribution >= 4 is 5.91 Å². The second-order valence-corrected chi connectivity index (χ2v) is 4.09. The molecule has 76 valence electrons. The molecule has 2 atom stereocenters. The molecule has 0 aromatic rings. The van der Waals surface area contributed by atoms with Gasteiger partial charge in [-0.3, -0.25) is 9.69 Å². The van der Waals surface area contributed by atoms with Crippen LogP contribution in [0.25, 0.3) is 0 Å². The molecule has 3 heteroatoms. The highest BCUT2D eigenvalue weighted by molar-refractivity contribution is 5.75. The molecule has 14 heavy (non-hydrogen) atoms. The Morgan fingerprint density at radius 3 is 2.79 bits per heavy atom. The molecule has 0 radical (unpaired) electrons. The number of hydrogen-bond donors (Lipinski definition) is 1. The van der Waals surface area contributed by atoms with E-state index in [4.69, 9.17) is 5.73 Å². The third-order valence-electron chi connectivity index (χ3n) is 3.00. The Kier molecular flexibility index (Phi) is 2.68. The highest BCUT2D eigenvalue weighted by Gasteiger charge is 2.27. The van der Waals surface area contributed by atoms with Crippen LogP contribution in [0.1, 0.15) is 6.42 Å². The number of rotatable bonds is 2. The lowest BCUT2D eigenvalue weighted by Gasteiger charge is -2.36. The number of piperidine rings is 1. The van der Waals surface area contributed by atoms with Gasteiger partial charge < -0.3 is 5.73 Å². The maximum atomic E-state index is 10.8. The Hall–Kier alpha value is -1.09. The molecular weight excluding hydrogens is 176 g/mol. The maximum Gasteiger partial charge on any atom is 0.231 e. The summed E-state index contributed by atoms with van der Waals surface area (Å²) < 4.78 is 0. The van der Waals surface area contributed by atoms with Crippen LogP contribution in [0.4, 0.5) is 0 Å². The predicted octanol–water partition coefficient (Wildman–Crippen LogP) is 0.536. The van der Waals surface area contributed by atoms with Crippen LogP contribution in [0, 0.1) is 11.8 Å². The molecule has 1 aliphatic heterocycles. The van der Waals surface area contributed by atoms with Gasteiger partial charge in [0.1, 0.15) is 0 Å². The van der Waals surface area contributed by atoms with Crippen molar-refractivity contribution in [2.45, 2.75) is 6.42 Å². The van der Waals surface area contributed by atoms with Gasteiger partial charge in [0.25, 0.3) is 0 Å². The largest absolute Gasteiger partial charge is 0.369 e. The van der Waals surface area contributed by atoms with E-state index in [0.717, 1.165) is 19.5 Å². The summed E-state index contributed by atoms with van der Waals surface area (Å²) in [6.45, 7) is 2.36. The molecule has 0 bridgehead atoms. The van der Waals surface area contributed by atoms with Gasteiger partial charge in [-0.15, -0.1) is 0 Å². The standard InChI is InChI=1S/C11H16N2O/c12-11(14)8-13-6-5-9-3-1-2-4-10(9)7-13/h1-4,9-10H,5-8H2,(H2,12,14)/t9-,10-/m0/s1. The van der Waals surface area contributed by atoms with E-state index in [1.165, 1.54) is 0 Å². The second-order valence-electron chi connectivity index (χ2n) is 4.09. The van der Waals surface area contributed by atoms with Crippen molar-refractivity contribution in [2.24, 2.45) is 17.6 Å². The summed E-state index contributed by atoms with van der Waals surface area (Å²) in [4.78, 5) is 12.9. The number of hydrogen-bond acceptors (Lipinski definition) is 2. The molecule has 1 heterocycles. The smallest absolute Gasteiger partial charge is 0.231 e. The Morgan fingerprint density at radius 2 is 2.07 bits per heavy atom. The van der Waals surface area contributed by atoms with Crippen LogP contribution in [0.3, 0.4) is 0 Å². The van der Waals surface area contributed by atoms with E-state index in [1.807, 2.05) is 0 Å². The molecule has 2 N–H and O–H groups in total. The van der Waals surface area contributed by atoms with E-state index in [0.29, 0.717) is 18.4 Å². The van der Waals surface area contributed by atoms with Crippen LogP contribution in [-0.2, 0) is 4.79 Å². The number of primary amides is 1. The minimum atomic E-state index is -0.223. The molecule has 1 fully saturated rings. The van der Waals surface area contributed by atoms with Crippen LogP contribution < -0.4 is 5.73 Å². The average Bonchev–Trinajstić information content (AvgIpc) is 2.17. The van der Waals surface area contributed by atoms with Gasteiger partial charge in [-0.05, 0) is 24.8 Å². The third kappa shape index (κ3) is 2.04. The van der Waals surface area contributed by atoms with Gasteiger partial charge in [-0.25, -0.2) is 0 Å². The lowest BCUT2D eigenvalue weighted by atomic mass is 9.83. The Balaban J connectivity index is 1.93. The van der Waals surface area contributed by atoms with Crippen LogP contribution in [0.5, 0.6) is 0 Å². The molecule has 2 rings (SSSR count). The maximum absolute atomic E-state index is 10.8. The van der Waals surface area contributed by atoms with E-state index < -0.39 is 0 Å². The normalized spacial score (nSPS) is 31.4. The lowest BCUT2D eigenvalue weighted by molar-refractivity contribution is -0.119. The van der Waals surface area contributed by atoms with Crippen molar-refractivity contribution in [1.29, 1.82) is 0 Å². The number of carbonyl (C=O) groups is 1. The summed E-state index contributed by atoms with van der Waals surface area (Å²) in [6, 6.07) is 0. The Labute approximate surface area is 84.3 Å². The SMILES string of the molecule is NC(=O)CN1CC[C@@H]2C=CC=C[C@H]2C1. The summed E-state index contributed by atoms with van der Waals surface area (Å²) in [5.74, 6) is 1.02. The summed E-state index contributed by atoms with van der Waals surface area (Å²) in [7, 11) is 0. The molecule has 1 aliphatic carbocycles. The molecular formula is C11H16N2O. The zero-order valence-corrected chi connectivity index (χ0v) is 8.23. The van der Waals surface area contributed by atoms with Crippen LogP contribution in [-0.4, -0.2) is 30.4 Å². The lowest BCUT2D eigenvalue weighted by Crippen LogP contribution is -2.43. The van der Waals surface area contributed by atoms with Crippen LogP contribution in [0.2, 0.25) is 0 Å². The van der Waals surface area contributed by atoms with E-state index in [1.54, 1.807) is 0 Å². The highest BCUT2D eigenvalue weighted by atomic mass is 16.1. The van der Waals surface area contributed by atoms with E-state index in [9.17, 15) is 4.79 Å². The minimum Gasteiger partial charge on any atom is -0.369 e. The van der Waals surface area contributed by atoms with Gasteiger partial charge in [0, 0.05) is 6.54 Å². The third-order valence-corrected chi connectivity index (χ3v) is 3.00. The van der Waals surface area contributed by atoms with Crippen LogP contribution >= 0.6 is 0 Å². The Bertz CT molecular complexity index is 283. The van der Waals surface area contributed by atoms with Gasteiger partial charge in [0.05, 0.1) is 6.54 Å². The zero-order chi connectivity index (χ0) is 9.97. The number of carbonyl (C=O) groups excluding carboxylic acids is 1. The molecule has 1 amide bonds. The first kappa shape index (κ1) is 9.46. The Morgan fingerprint density at radius 1 is 1.36 bits per heavy atom. The molecule has 0 spiro atoms. The summed E-state index contributed by atoms with van der Waals surface area (Å²) in [5.41, 5.74) is 5.18. The van der Waals surface area contributed by atoms with Crippen LogP contribution in [0.15, 0.2) is 24.3 Å². The zero-order valence-electron chi connectivity index (χ0n) is 8.23. The average molecular weight is 192 g/mol. The van der Waals surface area contributed by atoms with Gasteiger partial charge in [0.2, 0.25) is 5.91 Å². The number of allylic oxidation sites excluding steroid dienone is 3. The predicted molar refractivity (Wildman–Crippen MR) is 55.5 cm³/mol. The summed E-state index contributed by atoms with van der Waals surface area (Å²) >= 11 is 0. The fourth-order valence-corrected chi connectivity index (χ4v) is 2.29. The van der Waals surface area contributed by atoms with Gasteiger partial charge in [0.15, 0.2) is 0 Å². The van der Waals surface area contributed by atoms with Gasteiger partial charge >= 0.3 is 0 Å². The van der Waals surface area contributed by atoms with Gasteiger partial charge in [-0.2, -0.15) is 0 Å². The number of fused-ring (bicyclic) bond motifs is 1. The molecule has 3 nitrogen and oxygen atoms in total. The topological polar surface area (TPSA) is 46.3 Å². The van der Waals surface area contributed by atoms with Crippen molar-refractivity contribution in [3.8, 4) is 0 Å². The first-order chi connectivity index (χ1) is 6.75. The van der Waals surface area contributed by atoms with Crippen molar-refractivity contribution in [3.63, 3.8) is 0 Å².